The summed E-state index contributed by atoms with van der Waals surface area (Å²) in [5, 5.41) is 1.32. The van der Waals surface area contributed by atoms with Crippen LogP contribution in [-0.2, 0) is 9.05 Å². The Hall–Kier alpha value is -0.430. The molecule has 0 bridgehead atoms. The molecule has 0 radical (unpaired) electrons. The van der Waals surface area contributed by atoms with Crippen molar-refractivity contribution < 1.29 is 9.05 Å². The first-order chi connectivity index (χ1) is 8.82. The first kappa shape index (κ1) is 12.6. The Morgan fingerprint density at radius 2 is 1.56 bits per heavy atom. The second-order valence-electron chi connectivity index (χ2n) is 5.50. The molecule has 18 heavy (non-hydrogen) atoms. The molecule has 3 heteroatoms. The number of hydrogen-bond donors (Lipinski definition) is 0. The van der Waals surface area contributed by atoms with E-state index in [1.54, 1.807) is 0 Å². The molecule has 0 N–H and O–H groups in total. The Labute approximate surface area is 110 Å². The van der Waals surface area contributed by atoms with E-state index >= 15 is 0 Å². The summed E-state index contributed by atoms with van der Waals surface area (Å²) in [4.78, 5) is 0. The van der Waals surface area contributed by atoms with Crippen molar-refractivity contribution >= 4 is 13.0 Å². The summed E-state index contributed by atoms with van der Waals surface area (Å²) in [7, 11) is -2.17. The summed E-state index contributed by atoms with van der Waals surface area (Å²) in [5.41, 5.74) is 0. The molecule has 0 unspecified atom stereocenters. The van der Waals surface area contributed by atoms with Crippen LogP contribution in [0.1, 0.15) is 39.0 Å². The van der Waals surface area contributed by atoms with E-state index in [0.29, 0.717) is 12.2 Å². The second-order valence-corrected chi connectivity index (χ2v) is 8.56. The molecule has 0 amide bonds. The predicted molar refractivity (Wildman–Crippen MR) is 77.8 cm³/mol. The Morgan fingerprint density at radius 3 is 2.00 bits per heavy atom. The van der Waals surface area contributed by atoms with Gasteiger partial charge in [0.1, 0.15) is 0 Å². The molecule has 0 atom stereocenters. The van der Waals surface area contributed by atoms with Crippen LogP contribution < -0.4 is 5.30 Å². The van der Waals surface area contributed by atoms with Gasteiger partial charge < -0.3 is 0 Å². The minimum absolute atomic E-state index is 0.474. The first-order valence-corrected chi connectivity index (χ1v) is 9.26. The van der Waals surface area contributed by atoms with Gasteiger partial charge in [-0.15, -0.1) is 0 Å². The van der Waals surface area contributed by atoms with Crippen molar-refractivity contribution in [3.05, 3.63) is 30.3 Å². The quantitative estimate of drug-likeness (QED) is 0.701. The van der Waals surface area contributed by atoms with Crippen LogP contribution in [0.25, 0.3) is 0 Å². The summed E-state index contributed by atoms with van der Waals surface area (Å²) in [6.07, 6.45) is 8.06. The molecule has 2 aliphatic carbocycles. The molecule has 0 spiro atoms. The van der Waals surface area contributed by atoms with Crippen molar-refractivity contribution in [1.82, 2.24) is 0 Å². The van der Waals surface area contributed by atoms with Gasteiger partial charge in [-0.25, -0.2) is 0 Å². The van der Waals surface area contributed by atoms with Crippen LogP contribution in [0.5, 0.6) is 0 Å². The fraction of sp³-hybridized carbons (Fsp3) is 0.600. The van der Waals surface area contributed by atoms with Crippen molar-refractivity contribution in [2.75, 3.05) is 6.16 Å². The third kappa shape index (κ3) is 2.93. The normalized spacial score (nSPS) is 20.9. The molecule has 3 rings (SSSR count). The van der Waals surface area contributed by atoms with E-state index in [4.69, 9.17) is 9.05 Å². The summed E-state index contributed by atoms with van der Waals surface area (Å²) >= 11 is 0. The molecule has 2 saturated carbocycles. The summed E-state index contributed by atoms with van der Waals surface area (Å²) < 4.78 is 12.9. The van der Waals surface area contributed by atoms with Gasteiger partial charge in [-0.05, 0) is 0 Å². The van der Waals surface area contributed by atoms with E-state index in [9.17, 15) is 0 Å². The molecule has 100 valence electrons. The van der Waals surface area contributed by atoms with Crippen molar-refractivity contribution in [3.63, 3.8) is 0 Å². The van der Waals surface area contributed by atoms with E-state index in [-0.39, 0.29) is 0 Å². The van der Waals surface area contributed by atoms with Gasteiger partial charge in [0.15, 0.2) is 0 Å². The Morgan fingerprint density at radius 1 is 1.00 bits per heavy atom. The SMILES string of the molecule is CCC[PH](OC1CC1)(OC1CC1)c1ccccc1. The summed E-state index contributed by atoms with van der Waals surface area (Å²) in [6.45, 7) is 2.23. The summed E-state index contributed by atoms with van der Waals surface area (Å²) in [5.74, 6) is 0. The zero-order valence-corrected chi connectivity index (χ0v) is 12.1. The van der Waals surface area contributed by atoms with Crippen LogP contribution in [0.4, 0.5) is 0 Å². The third-order valence-electron chi connectivity index (χ3n) is 3.56. The third-order valence-corrected chi connectivity index (χ3v) is 7.35. The Kier molecular flexibility index (Phi) is 3.70. The van der Waals surface area contributed by atoms with Crippen molar-refractivity contribution in [3.8, 4) is 0 Å². The average molecular weight is 266 g/mol. The molecular formula is C15H23O2P. The van der Waals surface area contributed by atoms with Crippen LogP contribution >= 0.6 is 7.72 Å². The maximum atomic E-state index is 6.44. The van der Waals surface area contributed by atoms with Crippen LogP contribution in [0, 0.1) is 0 Å². The van der Waals surface area contributed by atoms with Crippen molar-refractivity contribution in [2.45, 2.75) is 51.2 Å². The van der Waals surface area contributed by atoms with Gasteiger partial charge in [-0.2, -0.15) is 0 Å². The van der Waals surface area contributed by atoms with Crippen LogP contribution in [0.3, 0.4) is 0 Å². The maximum absolute atomic E-state index is 6.44. The van der Waals surface area contributed by atoms with Gasteiger partial charge in [0, 0.05) is 0 Å². The molecule has 0 aliphatic heterocycles. The first-order valence-electron chi connectivity index (χ1n) is 7.23. The van der Waals surface area contributed by atoms with Gasteiger partial charge >= 0.3 is 110 Å². The number of rotatable bonds is 7. The second kappa shape index (κ2) is 5.28. The predicted octanol–water partition coefficient (Wildman–Crippen LogP) is 3.66. The standard InChI is InChI=1S/C15H23O2P/c1-2-12-18(16-13-8-9-13,17-14-10-11-14)15-6-4-3-5-7-15/h3-7,13-14,18H,2,8-12H2,1H3. The van der Waals surface area contributed by atoms with E-state index < -0.39 is 7.72 Å². The van der Waals surface area contributed by atoms with E-state index in [1.807, 2.05) is 0 Å². The molecule has 0 aromatic heterocycles. The topological polar surface area (TPSA) is 18.5 Å². The zero-order valence-electron chi connectivity index (χ0n) is 11.1. The van der Waals surface area contributed by atoms with Gasteiger partial charge in [0.05, 0.1) is 0 Å². The zero-order chi connectivity index (χ0) is 12.4. The molecular weight excluding hydrogens is 243 g/mol. The van der Waals surface area contributed by atoms with Gasteiger partial charge in [-0.3, -0.25) is 0 Å². The molecule has 2 fully saturated rings. The van der Waals surface area contributed by atoms with E-state index in [2.05, 4.69) is 37.3 Å². The average Bonchev–Trinajstić information content (AvgIpc) is 3.27. The Bertz CT molecular complexity index is 371. The van der Waals surface area contributed by atoms with Gasteiger partial charge in [0.25, 0.3) is 0 Å². The minimum atomic E-state index is -2.17. The van der Waals surface area contributed by atoms with E-state index in [0.717, 1.165) is 12.6 Å². The molecule has 2 nitrogen and oxygen atoms in total. The molecule has 0 saturated heterocycles. The Balaban J connectivity index is 1.86. The summed E-state index contributed by atoms with van der Waals surface area (Å²) in [6, 6.07) is 10.7. The van der Waals surface area contributed by atoms with Gasteiger partial charge in [-0.1, -0.05) is 0 Å². The molecule has 0 heterocycles. The molecule has 2 aliphatic rings. The molecule has 1 aromatic carbocycles. The molecule has 1 aromatic rings. The fourth-order valence-electron chi connectivity index (χ4n) is 2.36. The van der Waals surface area contributed by atoms with Crippen LogP contribution in [-0.4, -0.2) is 18.4 Å². The van der Waals surface area contributed by atoms with Gasteiger partial charge in [0.2, 0.25) is 0 Å². The van der Waals surface area contributed by atoms with Crippen molar-refractivity contribution in [1.29, 1.82) is 0 Å². The fourth-order valence-corrected chi connectivity index (χ4v) is 6.12. The van der Waals surface area contributed by atoms with Crippen molar-refractivity contribution in [2.24, 2.45) is 0 Å². The monoisotopic (exact) mass is 266 g/mol. The van der Waals surface area contributed by atoms with Crippen LogP contribution in [0.15, 0.2) is 30.3 Å². The van der Waals surface area contributed by atoms with Crippen LogP contribution in [0.2, 0.25) is 0 Å². The van der Waals surface area contributed by atoms with E-state index in [1.165, 1.54) is 31.0 Å². The number of hydrogen-bond acceptors (Lipinski definition) is 2. The number of benzene rings is 1.